The van der Waals surface area contributed by atoms with Gasteiger partial charge in [-0.2, -0.15) is 0 Å². The van der Waals surface area contributed by atoms with Gasteiger partial charge in [-0.3, -0.25) is 9.78 Å². The van der Waals surface area contributed by atoms with Crippen LogP contribution in [0.15, 0.2) is 30.5 Å². The number of carbonyl (C=O) groups excluding carboxylic acids is 1. The Labute approximate surface area is 184 Å². The molecule has 8 heteroatoms. The second kappa shape index (κ2) is 10.8. The zero-order valence-corrected chi connectivity index (χ0v) is 18.2. The highest BCUT2D eigenvalue weighted by Crippen LogP contribution is 2.23. The number of amides is 1. The first-order chi connectivity index (χ1) is 13.2. The number of nitrogens with one attached hydrogen (secondary N) is 2. The summed E-state index contributed by atoms with van der Waals surface area (Å²) < 4.78 is 5.44. The molecule has 158 valence electrons. The molecule has 0 spiro atoms. The minimum absolute atomic E-state index is 0. The lowest BCUT2D eigenvalue weighted by molar-refractivity contribution is 0.0949. The smallest absolute Gasteiger partial charge is 0.253 e. The van der Waals surface area contributed by atoms with Gasteiger partial charge in [-0.15, -0.1) is 24.8 Å². The van der Waals surface area contributed by atoms with Gasteiger partial charge in [0.05, 0.1) is 18.8 Å². The van der Waals surface area contributed by atoms with Crippen molar-refractivity contribution < 1.29 is 9.53 Å². The number of carbonyl (C=O) groups is 1. The molecule has 1 aromatic heterocycles. The molecule has 6 nitrogen and oxygen atoms in total. The van der Waals surface area contributed by atoms with Crippen molar-refractivity contribution in [2.45, 2.75) is 26.4 Å². The van der Waals surface area contributed by atoms with Gasteiger partial charge in [0, 0.05) is 43.8 Å². The number of anilines is 1. The van der Waals surface area contributed by atoms with Gasteiger partial charge in [-0.25, -0.2) is 0 Å². The van der Waals surface area contributed by atoms with E-state index >= 15 is 0 Å². The van der Waals surface area contributed by atoms with Crippen molar-refractivity contribution in [3.63, 3.8) is 0 Å². The summed E-state index contributed by atoms with van der Waals surface area (Å²) in [5.74, 6) is -0.0389. The number of pyridine rings is 1. The number of aryl methyl sites for hydroxylation is 1. The van der Waals surface area contributed by atoms with Gasteiger partial charge in [0.2, 0.25) is 0 Å². The molecule has 4 rings (SSSR count). The normalized spacial score (nSPS) is 15.6. The highest BCUT2D eigenvalue weighted by Gasteiger charge is 2.20. The lowest BCUT2D eigenvalue weighted by Crippen LogP contribution is -2.38. The monoisotopic (exact) mass is 438 g/mol. The highest BCUT2D eigenvalue weighted by molar-refractivity contribution is 5.99. The molecule has 0 atom stereocenters. The average molecular weight is 439 g/mol. The number of para-hydroxylation sites is 1. The zero-order chi connectivity index (χ0) is 18.6. The van der Waals surface area contributed by atoms with Crippen LogP contribution in [0.1, 0.15) is 32.7 Å². The summed E-state index contributed by atoms with van der Waals surface area (Å²) in [4.78, 5) is 19.7. The molecule has 0 aliphatic carbocycles. The molecule has 0 unspecified atom stereocenters. The predicted octanol–water partition coefficient (Wildman–Crippen LogP) is 2.65. The molecule has 1 amide bonds. The Morgan fingerprint density at radius 3 is 2.79 bits per heavy atom. The summed E-state index contributed by atoms with van der Waals surface area (Å²) in [7, 11) is 0. The van der Waals surface area contributed by atoms with Crippen molar-refractivity contribution in [3.05, 3.63) is 58.4 Å². The van der Waals surface area contributed by atoms with Crippen LogP contribution in [0.5, 0.6) is 0 Å². The first kappa shape index (κ1) is 23.4. The first-order valence-electron chi connectivity index (χ1n) is 9.61. The summed E-state index contributed by atoms with van der Waals surface area (Å²) in [6.45, 7) is 7.37. The minimum atomic E-state index is -0.0389. The van der Waals surface area contributed by atoms with E-state index < -0.39 is 0 Å². The Morgan fingerprint density at radius 1 is 1.24 bits per heavy atom. The van der Waals surface area contributed by atoms with Crippen LogP contribution in [0.3, 0.4) is 0 Å². The molecule has 2 aliphatic rings. The second-order valence-corrected chi connectivity index (χ2v) is 7.05. The number of rotatable bonds is 4. The van der Waals surface area contributed by atoms with Crippen LogP contribution in [-0.2, 0) is 24.2 Å². The first-order valence-corrected chi connectivity index (χ1v) is 9.61. The number of hydrogen-bond donors (Lipinski definition) is 2. The van der Waals surface area contributed by atoms with Gasteiger partial charge in [0.15, 0.2) is 0 Å². The van der Waals surface area contributed by atoms with Crippen LogP contribution >= 0.6 is 24.8 Å². The fraction of sp³-hybridized carbons (Fsp3) is 0.429. The van der Waals surface area contributed by atoms with E-state index in [1.165, 1.54) is 11.1 Å². The van der Waals surface area contributed by atoms with E-state index in [9.17, 15) is 4.79 Å². The maximum absolute atomic E-state index is 13.0. The Balaban J connectivity index is 0.00000150. The summed E-state index contributed by atoms with van der Waals surface area (Å²) in [6, 6.07) is 7.82. The number of ether oxygens (including phenoxy) is 1. The number of nitrogens with zero attached hydrogens (tertiary/aromatic N) is 2. The molecule has 1 saturated heterocycles. The van der Waals surface area contributed by atoms with E-state index in [-0.39, 0.29) is 30.7 Å². The van der Waals surface area contributed by atoms with Gasteiger partial charge in [-0.1, -0.05) is 12.1 Å². The number of hydrogen-bond acceptors (Lipinski definition) is 5. The van der Waals surface area contributed by atoms with Crippen molar-refractivity contribution in [2.24, 2.45) is 0 Å². The van der Waals surface area contributed by atoms with Crippen LogP contribution in [0, 0.1) is 6.92 Å². The van der Waals surface area contributed by atoms with Crippen molar-refractivity contribution in [2.75, 3.05) is 37.7 Å². The van der Waals surface area contributed by atoms with Crippen molar-refractivity contribution in [1.82, 2.24) is 15.6 Å². The van der Waals surface area contributed by atoms with E-state index in [2.05, 4.69) is 20.5 Å². The summed E-state index contributed by atoms with van der Waals surface area (Å²) in [6.07, 6.45) is 2.93. The summed E-state index contributed by atoms with van der Waals surface area (Å²) in [5.41, 5.74) is 6.43. The van der Waals surface area contributed by atoms with E-state index in [0.717, 1.165) is 55.1 Å². The molecule has 29 heavy (non-hydrogen) atoms. The van der Waals surface area contributed by atoms with Gasteiger partial charge in [-0.05, 0) is 48.7 Å². The summed E-state index contributed by atoms with van der Waals surface area (Å²) >= 11 is 0. The van der Waals surface area contributed by atoms with Gasteiger partial charge in [0.25, 0.3) is 5.91 Å². The fourth-order valence-electron chi connectivity index (χ4n) is 3.89. The lowest BCUT2D eigenvalue weighted by Gasteiger charge is -2.30. The number of benzene rings is 1. The lowest BCUT2D eigenvalue weighted by atomic mass is 9.96. The quantitative estimate of drug-likeness (QED) is 0.767. The molecule has 0 bridgehead atoms. The molecule has 0 saturated carbocycles. The second-order valence-electron chi connectivity index (χ2n) is 7.05. The Kier molecular flexibility index (Phi) is 8.71. The Bertz CT molecular complexity index is 841. The number of aromatic nitrogens is 1. The molecule has 1 aromatic carbocycles. The zero-order valence-electron chi connectivity index (χ0n) is 16.6. The van der Waals surface area contributed by atoms with E-state index in [0.29, 0.717) is 19.8 Å². The topological polar surface area (TPSA) is 66.5 Å². The van der Waals surface area contributed by atoms with Crippen molar-refractivity contribution in [3.8, 4) is 0 Å². The van der Waals surface area contributed by atoms with Crippen LogP contribution < -0.4 is 15.5 Å². The van der Waals surface area contributed by atoms with E-state index in [4.69, 9.17) is 4.74 Å². The molecule has 3 heterocycles. The van der Waals surface area contributed by atoms with Crippen LogP contribution in [0.4, 0.5) is 5.69 Å². The maximum Gasteiger partial charge on any atom is 0.253 e. The van der Waals surface area contributed by atoms with Gasteiger partial charge in [0.1, 0.15) is 0 Å². The van der Waals surface area contributed by atoms with Crippen molar-refractivity contribution >= 4 is 36.4 Å². The van der Waals surface area contributed by atoms with Crippen LogP contribution in [0.25, 0.3) is 0 Å². The third-order valence-corrected chi connectivity index (χ3v) is 5.40. The van der Waals surface area contributed by atoms with E-state index in [1.54, 1.807) is 0 Å². The largest absolute Gasteiger partial charge is 0.378 e. The van der Waals surface area contributed by atoms with Crippen LogP contribution in [-0.4, -0.2) is 43.7 Å². The van der Waals surface area contributed by atoms with Gasteiger partial charge < -0.3 is 20.3 Å². The third kappa shape index (κ3) is 5.20. The van der Waals surface area contributed by atoms with Gasteiger partial charge >= 0.3 is 0 Å². The number of fused-ring (bicyclic) bond motifs is 1. The van der Waals surface area contributed by atoms with E-state index in [1.807, 2.05) is 37.4 Å². The highest BCUT2D eigenvalue weighted by atomic mass is 35.5. The maximum atomic E-state index is 13.0. The molecule has 2 aliphatic heterocycles. The molecule has 1 fully saturated rings. The standard InChI is InChI=1S/C21H26N4O2.2ClH/c1-15-19(17-6-7-22-12-16(17)13-23-15)14-24-21(26)18-4-2-3-5-20(18)25-8-10-27-11-9-25;;/h2-5,13,22H,6-12,14H2,1H3,(H,24,26);2*1H. The number of halogens is 2. The minimum Gasteiger partial charge on any atom is -0.378 e. The van der Waals surface area contributed by atoms with Crippen LogP contribution in [0.2, 0.25) is 0 Å². The molecule has 2 aromatic rings. The average Bonchev–Trinajstić information content (AvgIpc) is 2.73. The Morgan fingerprint density at radius 2 is 2.00 bits per heavy atom. The van der Waals surface area contributed by atoms with Crippen molar-refractivity contribution in [1.29, 1.82) is 0 Å². The molecule has 0 radical (unpaired) electrons. The SMILES string of the molecule is Cc1ncc2c(c1CNC(=O)c1ccccc1N1CCOCC1)CCNC2.Cl.Cl. The number of morpholine rings is 1. The molecule has 2 N–H and O–H groups in total. The molecular weight excluding hydrogens is 411 g/mol. The predicted molar refractivity (Wildman–Crippen MR) is 120 cm³/mol. The Hall–Kier alpha value is -1.86. The summed E-state index contributed by atoms with van der Waals surface area (Å²) in [5, 5.41) is 6.51. The third-order valence-electron chi connectivity index (χ3n) is 5.40. The fourth-order valence-corrected chi connectivity index (χ4v) is 3.89. The molecular formula is C21H28Cl2N4O2.